The molecule has 0 radical (unpaired) electrons. The van der Waals surface area contributed by atoms with E-state index in [0.29, 0.717) is 18.5 Å². The van der Waals surface area contributed by atoms with Crippen LogP contribution < -0.4 is 10.2 Å². The number of nitro benzene ring substituents is 1. The Morgan fingerprint density at radius 2 is 2.00 bits per heavy atom. The van der Waals surface area contributed by atoms with E-state index in [9.17, 15) is 24.1 Å². The first-order valence-electron chi connectivity index (χ1n) is 8.51. The van der Waals surface area contributed by atoms with Crippen LogP contribution in [0.25, 0.3) is 0 Å². The van der Waals surface area contributed by atoms with Crippen molar-refractivity contribution in [3.63, 3.8) is 0 Å². The molecule has 3 rings (SSSR count). The van der Waals surface area contributed by atoms with Gasteiger partial charge in [0.25, 0.3) is 5.69 Å². The molecule has 0 unspecified atom stereocenters. The van der Waals surface area contributed by atoms with E-state index >= 15 is 0 Å². The highest BCUT2D eigenvalue weighted by Crippen LogP contribution is 2.33. The lowest BCUT2D eigenvalue weighted by atomic mass is 10.1. The maximum absolute atomic E-state index is 13.6. The van der Waals surface area contributed by atoms with Gasteiger partial charge in [0.15, 0.2) is 0 Å². The molecular formula is C19H18FN3O4. The van der Waals surface area contributed by atoms with Gasteiger partial charge in [0.2, 0.25) is 11.8 Å². The van der Waals surface area contributed by atoms with Gasteiger partial charge < -0.3 is 5.32 Å². The molecule has 0 aliphatic carbocycles. The Morgan fingerprint density at radius 3 is 2.63 bits per heavy atom. The maximum atomic E-state index is 13.6. The fourth-order valence-corrected chi connectivity index (χ4v) is 3.05. The predicted molar refractivity (Wildman–Crippen MR) is 98.0 cm³/mol. The van der Waals surface area contributed by atoms with Crippen molar-refractivity contribution in [2.45, 2.75) is 19.8 Å². The molecule has 1 aliphatic heterocycles. The van der Waals surface area contributed by atoms with Gasteiger partial charge in [0.1, 0.15) is 11.5 Å². The number of hydrogen-bond donors (Lipinski definition) is 1. The van der Waals surface area contributed by atoms with Crippen LogP contribution in [0.1, 0.15) is 18.9 Å². The van der Waals surface area contributed by atoms with Gasteiger partial charge in [-0.05, 0) is 30.2 Å². The molecule has 0 saturated carbocycles. The van der Waals surface area contributed by atoms with Crippen molar-refractivity contribution in [3.05, 3.63) is 64.0 Å². The Morgan fingerprint density at radius 1 is 1.26 bits per heavy atom. The smallest absolute Gasteiger partial charge is 0.294 e. The number of nitrogens with zero attached hydrogens (tertiary/aromatic N) is 2. The summed E-state index contributed by atoms with van der Waals surface area (Å²) in [4.78, 5) is 36.0. The second-order valence-corrected chi connectivity index (χ2v) is 6.40. The van der Waals surface area contributed by atoms with Gasteiger partial charge in [-0.25, -0.2) is 4.39 Å². The number of rotatable bonds is 6. The van der Waals surface area contributed by atoms with Gasteiger partial charge >= 0.3 is 0 Å². The summed E-state index contributed by atoms with van der Waals surface area (Å²) < 4.78 is 13.6. The molecule has 0 spiro atoms. The van der Waals surface area contributed by atoms with Crippen LogP contribution in [0.3, 0.4) is 0 Å². The topological polar surface area (TPSA) is 92.6 Å². The molecule has 1 heterocycles. The average molecular weight is 371 g/mol. The zero-order valence-corrected chi connectivity index (χ0v) is 14.6. The molecule has 8 heteroatoms. The summed E-state index contributed by atoms with van der Waals surface area (Å²) in [6, 6.07) is 10.5. The van der Waals surface area contributed by atoms with Crippen LogP contribution in [-0.4, -0.2) is 23.3 Å². The minimum absolute atomic E-state index is 0.0925. The van der Waals surface area contributed by atoms with Gasteiger partial charge in [0.05, 0.1) is 10.6 Å². The highest BCUT2D eigenvalue weighted by atomic mass is 19.1. The number of carbonyl (C=O) groups excluding carboxylic acids is 2. The summed E-state index contributed by atoms with van der Waals surface area (Å²) >= 11 is 0. The van der Waals surface area contributed by atoms with Gasteiger partial charge in [-0.1, -0.05) is 25.1 Å². The lowest BCUT2D eigenvalue weighted by Gasteiger charge is -2.15. The molecular weight excluding hydrogens is 353 g/mol. The fraction of sp³-hybridized carbons (Fsp3) is 0.263. The Labute approximate surface area is 154 Å². The van der Waals surface area contributed by atoms with Gasteiger partial charge in [-0.3, -0.25) is 24.6 Å². The quantitative estimate of drug-likeness (QED) is 0.478. The third-order valence-electron chi connectivity index (χ3n) is 4.48. The van der Waals surface area contributed by atoms with E-state index in [4.69, 9.17) is 0 Å². The van der Waals surface area contributed by atoms with Crippen LogP contribution in [0.2, 0.25) is 0 Å². The van der Waals surface area contributed by atoms with Gasteiger partial charge in [-0.15, -0.1) is 0 Å². The van der Waals surface area contributed by atoms with Crippen LogP contribution >= 0.6 is 0 Å². The number of nitro groups is 1. The summed E-state index contributed by atoms with van der Waals surface area (Å²) in [5, 5.41) is 14.3. The lowest BCUT2D eigenvalue weighted by Crippen LogP contribution is -2.30. The van der Waals surface area contributed by atoms with E-state index < -0.39 is 10.8 Å². The van der Waals surface area contributed by atoms with E-state index in [1.165, 1.54) is 24.3 Å². The van der Waals surface area contributed by atoms with E-state index in [0.717, 1.165) is 4.90 Å². The summed E-state index contributed by atoms with van der Waals surface area (Å²) in [6.07, 6.45) is 0.446. The molecule has 1 aliphatic rings. The Hall–Kier alpha value is -3.29. The van der Waals surface area contributed by atoms with Crippen molar-refractivity contribution in [2.24, 2.45) is 5.92 Å². The standard InChI is InChI=1S/C19H18FN3O4/c1-12-10-18(24)22(19(12)25)14-6-7-16(17(11-14)23(26)27)21-9-8-13-4-2-3-5-15(13)20/h2-7,11-12,21H,8-10H2,1H3/t12-/m0/s1. The molecule has 2 aromatic rings. The third kappa shape index (κ3) is 3.79. The van der Waals surface area contributed by atoms with E-state index in [1.54, 1.807) is 25.1 Å². The van der Waals surface area contributed by atoms with Crippen LogP contribution in [-0.2, 0) is 16.0 Å². The van der Waals surface area contributed by atoms with Crippen LogP contribution in [0.15, 0.2) is 42.5 Å². The molecule has 1 fully saturated rings. The van der Waals surface area contributed by atoms with Crippen molar-refractivity contribution in [2.75, 3.05) is 16.8 Å². The van der Waals surface area contributed by atoms with Crippen molar-refractivity contribution in [1.29, 1.82) is 0 Å². The zero-order chi connectivity index (χ0) is 19.6. The molecule has 2 aromatic carbocycles. The van der Waals surface area contributed by atoms with Gasteiger partial charge in [-0.2, -0.15) is 0 Å². The van der Waals surface area contributed by atoms with Crippen LogP contribution in [0.4, 0.5) is 21.5 Å². The minimum Gasteiger partial charge on any atom is -0.379 e. The molecule has 140 valence electrons. The fourth-order valence-electron chi connectivity index (χ4n) is 3.05. The first-order chi connectivity index (χ1) is 12.9. The summed E-state index contributed by atoms with van der Waals surface area (Å²) in [6.45, 7) is 1.94. The van der Waals surface area contributed by atoms with Crippen molar-refractivity contribution < 1.29 is 18.9 Å². The maximum Gasteiger partial charge on any atom is 0.294 e. The number of nitrogens with one attached hydrogen (secondary N) is 1. The number of hydrogen-bond acceptors (Lipinski definition) is 5. The monoisotopic (exact) mass is 371 g/mol. The number of imide groups is 1. The molecule has 2 amide bonds. The number of anilines is 2. The first-order valence-corrected chi connectivity index (χ1v) is 8.51. The largest absolute Gasteiger partial charge is 0.379 e. The second-order valence-electron chi connectivity index (χ2n) is 6.40. The normalized spacial score (nSPS) is 16.7. The Balaban J connectivity index is 1.78. The second kappa shape index (κ2) is 7.53. The molecule has 27 heavy (non-hydrogen) atoms. The third-order valence-corrected chi connectivity index (χ3v) is 4.48. The predicted octanol–water partition coefficient (Wildman–Crippen LogP) is 3.29. The summed E-state index contributed by atoms with van der Waals surface area (Å²) in [7, 11) is 0. The molecule has 1 atom stereocenters. The minimum atomic E-state index is -0.580. The van der Waals surface area contributed by atoms with Crippen LogP contribution in [0.5, 0.6) is 0 Å². The summed E-state index contributed by atoms with van der Waals surface area (Å²) in [5.74, 6) is -1.50. The van der Waals surface area contributed by atoms with E-state index in [2.05, 4.69) is 5.32 Å². The van der Waals surface area contributed by atoms with E-state index in [-0.39, 0.29) is 41.1 Å². The number of carbonyl (C=O) groups is 2. The number of benzene rings is 2. The Bertz CT molecular complexity index is 916. The first kappa shape index (κ1) is 18.5. The van der Waals surface area contributed by atoms with Crippen molar-refractivity contribution in [1.82, 2.24) is 0 Å². The highest BCUT2D eigenvalue weighted by molar-refractivity contribution is 6.21. The van der Waals surface area contributed by atoms with Gasteiger partial charge in [0, 0.05) is 24.9 Å². The number of halogens is 1. The van der Waals surface area contributed by atoms with Crippen LogP contribution in [0, 0.1) is 21.8 Å². The molecule has 1 saturated heterocycles. The summed E-state index contributed by atoms with van der Waals surface area (Å²) in [5.41, 5.74) is 0.681. The SMILES string of the molecule is C[C@H]1CC(=O)N(c2ccc(NCCc3ccccc3F)c([N+](=O)[O-])c2)C1=O. The molecule has 1 N–H and O–H groups in total. The molecule has 0 bridgehead atoms. The Kier molecular flexibility index (Phi) is 5.16. The van der Waals surface area contributed by atoms with Crippen molar-refractivity contribution in [3.8, 4) is 0 Å². The average Bonchev–Trinajstić information content (AvgIpc) is 2.89. The highest BCUT2D eigenvalue weighted by Gasteiger charge is 2.37. The number of amides is 2. The molecule has 0 aromatic heterocycles. The van der Waals surface area contributed by atoms with E-state index in [1.807, 2.05) is 0 Å². The zero-order valence-electron chi connectivity index (χ0n) is 14.6. The molecule has 7 nitrogen and oxygen atoms in total. The van der Waals surface area contributed by atoms with Crippen molar-refractivity contribution >= 4 is 28.9 Å². The lowest BCUT2D eigenvalue weighted by molar-refractivity contribution is -0.383.